The molecule has 2 aromatic carbocycles. The Hall–Kier alpha value is -3.82. The van der Waals surface area contributed by atoms with Gasteiger partial charge in [0, 0.05) is 18.5 Å². The zero-order chi connectivity index (χ0) is 24.0. The number of alkyl halides is 3. The molecule has 0 saturated heterocycles. The normalized spacial score (nSPS) is 13.8. The summed E-state index contributed by atoms with van der Waals surface area (Å²) in [5.41, 5.74) is 3.85. The van der Waals surface area contributed by atoms with Crippen LogP contribution in [0.5, 0.6) is 0 Å². The summed E-state index contributed by atoms with van der Waals surface area (Å²) < 4.78 is 43.9. The van der Waals surface area contributed by atoms with Crippen molar-refractivity contribution in [3.05, 3.63) is 71.8 Å². The largest absolute Gasteiger partial charge is 0.478 e. The Labute approximate surface area is 187 Å². The molecule has 3 N–H and O–H groups in total. The van der Waals surface area contributed by atoms with Gasteiger partial charge in [-0.3, -0.25) is 4.79 Å². The first-order valence-electron chi connectivity index (χ1n) is 10.0. The third-order valence-electron chi connectivity index (χ3n) is 5.04. The molecule has 10 heteroatoms. The summed E-state index contributed by atoms with van der Waals surface area (Å²) in [6, 6.07) is 13.2. The number of halogens is 3. The summed E-state index contributed by atoms with van der Waals surface area (Å²) in [6.07, 6.45) is -5.71. The number of rotatable bonds is 8. The molecule has 2 aromatic rings. The van der Waals surface area contributed by atoms with Gasteiger partial charge >= 0.3 is 18.2 Å². The molecule has 3 rings (SSSR count). The lowest BCUT2D eigenvalue weighted by molar-refractivity contribution is -0.148. The SMILES string of the molecule is O=C(O)/C=C/CNC(=O)C(CC(F)(F)F)NC(=O)OCC1c2ccccc2-c2ccccc21. The van der Waals surface area contributed by atoms with Gasteiger partial charge in [0.2, 0.25) is 5.91 Å². The first kappa shape index (κ1) is 23.8. The predicted octanol–water partition coefficient (Wildman–Crippen LogP) is 3.60. The van der Waals surface area contributed by atoms with Crippen LogP contribution < -0.4 is 10.6 Å². The van der Waals surface area contributed by atoms with Crippen LogP contribution in [0, 0.1) is 0 Å². The predicted molar refractivity (Wildman–Crippen MR) is 112 cm³/mol. The summed E-state index contributed by atoms with van der Waals surface area (Å²) in [5, 5.41) is 12.6. The van der Waals surface area contributed by atoms with Crippen LogP contribution >= 0.6 is 0 Å². The van der Waals surface area contributed by atoms with Crippen LogP contribution in [0.2, 0.25) is 0 Å². The fraction of sp³-hybridized carbons (Fsp3) is 0.261. The van der Waals surface area contributed by atoms with E-state index < -0.39 is 36.6 Å². The average Bonchev–Trinajstić information content (AvgIpc) is 3.07. The first-order chi connectivity index (χ1) is 15.7. The molecule has 0 saturated carbocycles. The van der Waals surface area contributed by atoms with Crippen molar-refractivity contribution in [1.29, 1.82) is 0 Å². The molecule has 0 aromatic heterocycles. The minimum Gasteiger partial charge on any atom is -0.478 e. The number of hydrogen-bond acceptors (Lipinski definition) is 4. The summed E-state index contributed by atoms with van der Waals surface area (Å²) in [5.74, 6) is -2.68. The van der Waals surface area contributed by atoms with E-state index in [0.717, 1.165) is 34.4 Å². The van der Waals surface area contributed by atoms with Crippen molar-refractivity contribution in [2.75, 3.05) is 13.2 Å². The van der Waals surface area contributed by atoms with Gasteiger partial charge in [-0.1, -0.05) is 54.6 Å². The van der Waals surface area contributed by atoms with Gasteiger partial charge < -0.3 is 20.5 Å². The maximum atomic E-state index is 12.9. The van der Waals surface area contributed by atoms with Gasteiger partial charge in [0.1, 0.15) is 12.6 Å². The molecule has 2 amide bonds. The number of ether oxygens (including phenoxy) is 1. The monoisotopic (exact) mass is 462 g/mol. The van der Waals surface area contributed by atoms with Gasteiger partial charge in [-0.15, -0.1) is 0 Å². The number of alkyl carbamates (subject to hydrolysis) is 1. The van der Waals surface area contributed by atoms with E-state index in [1.165, 1.54) is 0 Å². The highest BCUT2D eigenvalue weighted by atomic mass is 19.4. The quantitative estimate of drug-likeness (QED) is 0.520. The van der Waals surface area contributed by atoms with E-state index in [4.69, 9.17) is 9.84 Å². The Morgan fingerprint density at radius 2 is 1.61 bits per heavy atom. The van der Waals surface area contributed by atoms with Gasteiger partial charge in [0.15, 0.2) is 0 Å². The molecule has 1 aliphatic carbocycles. The van der Waals surface area contributed by atoms with Gasteiger partial charge in [-0.05, 0) is 22.3 Å². The molecule has 0 spiro atoms. The van der Waals surface area contributed by atoms with Crippen LogP contribution in [0.15, 0.2) is 60.7 Å². The Bertz CT molecular complexity index is 1020. The van der Waals surface area contributed by atoms with Gasteiger partial charge in [0.05, 0.1) is 6.42 Å². The molecule has 1 aliphatic rings. The first-order valence-corrected chi connectivity index (χ1v) is 10.0. The molecule has 0 bridgehead atoms. The molecule has 0 radical (unpaired) electrons. The number of hydrogen-bond donors (Lipinski definition) is 3. The van der Waals surface area contributed by atoms with E-state index in [1.807, 2.05) is 53.8 Å². The Morgan fingerprint density at radius 3 is 2.15 bits per heavy atom. The lowest BCUT2D eigenvalue weighted by Gasteiger charge is -2.20. The molecule has 174 valence electrons. The smallest absolute Gasteiger partial charge is 0.407 e. The number of benzene rings is 2. The van der Waals surface area contributed by atoms with Crippen molar-refractivity contribution in [3.8, 4) is 11.1 Å². The number of carbonyl (C=O) groups is 3. The van der Waals surface area contributed by atoms with E-state index in [9.17, 15) is 27.6 Å². The standard InChI is InChI=1S/C23H21F3N2O5/c24-23(25,26)12-19(21(31)27-11-5-10-20(29)30)28-22(32)33-13-18-16-8-3-1-6-14(16)15-7-2-4-9-17(15)18/h1-10,18-19H,11-13H2,(H,27,31)(H,28,32)(H,29,30)/b10-5+. The fourth-order valence-electron chi connectivity index (χ4n) is 3.67. The van der Waals surface area contributed by atoms with E-state index in [2.05, 4.69) is 5.32 Å². The average molecular weight is 462 g/mol. The minimum absolute atomic E-state index is 0.123. The van der Waals surface area contributed by atoms with Crippen LogP contribution in [-0.4, -0.2) is 48.4 Å². The molecule has 0 heterocycles. The maximum Gasteiger partial charge on any atom is 0.407 e. The third-order valence-corrected chi connectivity index (χ3v) is 5.04. The maximum absolute atomic E-state index is 12.9. The van der Waals surface area contributed by atoms with Crippen LogP contribution in [0.25, 0.3) is 11.1 Å². The zero-order valence-corrected chi connectivity index (χ0v) is 17.3. The molecular formula is C23H21F3N2O5. The topological polar surface area (TPSA) is 105 Å². The van der Waals surface area contributed by atoms with Crippen molar-refractivity contribution >= 4 is 18.0 Å². The summed E-state index contributed by atoms with van der Waals surface area (Å²) in [6.45, 7) is -0.437. The lowest BCUT2D eigenvalue weighted by atomic mass is 9.98. The van der Waals surface area contributed by atoms with Crippen molar-refractivity contribution in [2.24, 2.45) is 0 Å². The number of carboxylic acids is 1. The number of amides is 2. The fourth-order valence-corrected chi connectivity index (χ4v) is 3.67. The molecule has 0 fully saturated rings. The molecule has 33 heavy (non-hydrogen) atoms. The molecule has 1 unspecified atom stereocenters. The van der Waals surface area contributed by atoms with Crippen molar-refractivity contribution in [3.63, 3.8) is 0 Å². The van der Waals surface area contributed by atoms with E-state index in [0.29, 0.717) is 0 Å². The van der Waals surface area contributed by atoms with Crippen LogP contribution in [-0.2, 0) is 14.3 Å². The highest BCUT2D eigenvalue weighted by Crippen LogP contribution is 2.44. The van der Waals surface area contributed by atoms with E-state index in [-0.39, 0.29) is 19.1 Å². The lowest BCUT2D eigenvalue weighted by Crippen LogP contribution is -2.49. The minimum atomic E-state index is -4.73. The summed E-state index contributed by atoms with van der Waals surface area (Å²) >= 11 is 0. The number of carbonyl (C=O) groups excluding carboxylic acids is 2. The Balaban J connectivity index is 1.64. The molecule has 0 aliphatic heterocycles. The second-order valence-electron chi connectivity index (χ2n) is 7.33. The number of aliphatic carboxylic acids is 1. The molecular weight excluding hydrogens is 441 g/mol. The summed E-state index contributed by atoms with van der Waals surface area (Å²) in [7, 11) is 0. The van der Waals surface area contributed by atoms with E-state index in [1.54, 1.807) is 0 Å². The van der Waals surface area contributed by atoms with E-state index >= 15 is 0 Å². The second-order valence-corrected chi connectivity index (χ2v) is 7.33. The highest BCUT2D eigenvalue weighted by molar-refractivity contribution is 5.86. The van der Waals surface area contributed by atoms with Crippen molar-refractivity contribution in [1.82, 2.24) is 10.6 Å². The van der Waals surface area contributed by atoms with Crippen molar-refractivity contribution in [2.45, 2.75) is 24.6 Å². The van der Waals surface area contributed by atoms with Crippen molar-refractivity contribution < 1.29 is 37.4 Å². The second kappa shape index (κ2) is 10.2. The van der Waals surface area contributed by atoms with Crippen LogP contribution in [0.1, 0.15) is 23.5 Å². The van der Waals surface area contributed by atoms with Gasteiger partial charge in [-0.25, -0.2) is 9.59 Å². The van der Waals surface area contributed by atoms with Gasteiger partial charge in [0.25, 0.3) is 0 Å². The highest BCUT2D eigenvalue weighted by Gasteiger charge is 2.37. The molecule has 7 nitrogen and oxygen atoms in total. The zero-order valence-electron chi connectivity index (χ0n) is 17.3. The molecule has 1 atom stereocenters. The van der Waals surface area contributed by atoms with Crippen LogP contribution in [0.4, 0.5) is 18.0 Å². The number of nitrogens with one attached hydrogen (secondary N) is 2. The van der Waals surface area contributed by atoms with Gasteiger partial charge in [-0.2, -0.15) is 13.2 Å². The summed E-state index contributed by atoms with van der Waals surface area (Å²) in [4.78, 5) is 34.8. The number of fused-ring (bicyclic) bond motifs is 3. The van der Waals surface area contributed by atoms with Crippen LogP contribution in [0.3, 0.4) is 0 Å². The Morgan fingerprint density at radius 1 is 1.03 bits per heavy atom. The third kappa shape index (κ3) is 6.34. The number of carboxylic acid groups (broad SMARTS) is 1. The Kier molecular flexibility index (Phi) is 7.37.